The van der Waals surface area contributed by atoms with Crippen LogP contribution >= 0.6 is 15.9 Å². The Hall–Kier alpha value is -3.59. The van der Waals surface area contributed by atoms with Gasteiger partial charge in [-0.1, -0.05) is 76.6 Å². The second kappa shape index (κ2) is 9.81. The maximum absolute atomic E-state index is 14.1. The average molecular weight is 555 g/mol. The molecule has 5 nitrogen and oxygen atoms in total. The highest BCUT2D eigenvalue weighted by atomic mass is 79.9. The van der Waals surface area contributed by atoms with Gasteiger partial charge in [0.2, 0.25) is 0 Å². The summed E-state index contributed by atoms with van der Waals surface area (Å²) in [6.07, 6.45) is -3.53. The topological polar surface area (TPSA) is 50.2 Å². The van der Waals surface area contributed by atoms with Gasteiger partial charge in [-0.25, -0.2) is 4.68 Å². The Kier molecular flexibility index (Phi) is 6.57. The number of para-hydroxylation sites is 1. The number of halogens is 4. The fourth-order valence-corrected chi connectivity index (χ4v) is 4.70. The molecule has 0 radical (unpaired) electrons. The number of carbonyl (C=O) groups is 1. The van der Waals surface area contributed by atoms with Gasteiger partial charge in [0.25, 0.3) is 5.91 Å². The average Bonchev–Trinajstić information content (AvgIpc) is 3.31. The molecule has 2 heterocycles. The van der Waals surface area contributed by atoms with Crippen molar-refractivity contribution in [1.29, 1.82) is 0 Å². The summed E-state index contributed by atoms with van der Waals surface area (Å²) in [4.78, 5) is 15.4. The van der Waals surface area contributed by atoms with Gasteiger partial charge in [-0.05, 0) is 35.4 Å². The lowest BCUT2D eigenvalue weighted by atomic mass is 9.96. The molecule has 1 aliphatic heterocycles. The molecule has 184 valence electrons. The van der Waals surface area contributed by atoms with Crippen LogP contribution in [0, 0.1) is 0 Å². The van der Waals surface area contributed by atoms with Crippen molar-refractivity contribution in [2.24, 2.45) is 0 Å². The van der Waals surface area contributed by atoms with E-state index in [1.165, 1.54) is 6.20 Å². The Labute approximate surface area is 214 Å². The van der Waals surface area contributed by atoms with Crippen LogP contribution in [-0.4, -0.2) is 21.9 Å². The first-order valence-corrected chi connectivity index (χ1v) is 12.2. The standard InChI is InChI=1S/C27H22BrF3N4O/c28-20-13-11-19(12-14-20)23-15-24(27(29,30)31)35-25(33-23)22(16-32-35)26(36)34(21-9-5-2-6-10-21)17-18-7-3-1-4-8-18/h1-14,16,23-24,33H,15,17H2/t23-,24+/m1/s1. The molecule has 0 unspecified atom stereocenters. The lowest BCUT2D eigenvalue weighted by molar-refractivity contribution is -0.173. The first kappa shape index (κ1) is 24.1. The summed E-state index contributed by atoms with van der Waals surface area (Å²) in [5.41, 5.74) is 2.32. The second-order valence-electron chi connectivity index (χ2n) is 8.61. The summed E-state index contributed by atoms with van der Waals surface area (Å²) < 4.78 is 44.0. The summed E-state index contributed by atoms with van der Waals surface area (Å²) in [6, 6.07) is 23.1. The van der Waals surface area contributed by atoms with Gasteiger partial charge in [-0.2, -0.15) is 18.3 Å². The fourth-order valence-electron chi connectivity index (χ4n) is 4.43. The Bertz CT molecular complexity index is 1340. The van der Waals surface area contributed by atoms with Crippen LogP contribution in [0.25, 0.3) is 0 Å². The maximum Gasteiger partial charge on any atom is 0.410 e. The number of hydrogen-bond donors (Lipinski definition) is 1. The molecule has 36 heavy (non-hydrogen) atoms. The van der Waals surface area contributed by atoms with Gasteiger partial charge in [0, 0.05) is 16.6 Å². The summed E-state index contributed by atoms with van der Waals surface area (Å²) in [5, 5.41) is 7.20. The third-order valence-electron chi connectivity index (χ3n) is 6.24. The Morgan fingerprint density at radius 3 is 2.28 bits per heavy atom. The van der Waals surface area contributed by atoms with Crippen molar-refractivity contribution in [1.82, 2.24) is 9.78 Å². The molecule has 9 heteroatoms. The van der Waals surface area contributed by atoms with E-state index < -0.39 is 24.2 Å². The number of nitrogens with zero attached hydrogens (tertiary/aromatic N) is 3. The highest BCUT2D eigenvalue weighted by Gasteiger charge is 2.47. The normalized spacial score (nSPS) is 17.2. The predicted molar refractivity (Wildman–Crippen MR) is 136 cm³/mol. The number of fused-ring (bicyclic) bond motifs is 1. The number of benzene rings is 3. The zero-order valence-corrected chi connectivity index (χ0v) is 20.6. The molecule has 0 saturated carbocycles. The zero-order chi connectivity index (χ0) is 25.3. The minimum absolute atomic E-state index is 0.0653. The highest BCUT2D eigenvalue weighted by molar-refractivity contribution is 9.10. The van der Waals surface area contributed by atoms with Crippen molar-refractivity contribution in [3.63, 3.8) is 0 Å². The molecule has 0 saturated heterocycles. The van der Waals surface area contributed by atoms with Gasteiger partial charge in [0.15, 0.2) is 6.04 Å². The molecule has 5 rings (SSSR count). The Morgan fingerprint density at radius 2 is 1.64 bits per heavy atom. The van der Waals surface area contributed by atoms with Gasteiger partial charge in [-0.3, -0.25) is 4.79 Å². The molecule has 0 fully saturated rings. The SMILES string of the molecule is O=C(c1cnn2c1N[C@@H](c1ccc(Br)cc1)C[C@H]2C(F)(F)F)N(Cc1ccccc1)c1ccccc1. The first-order valence-electron chi connectivity index (χ1n) is 11.4. The van der Waals surface area contributed by atoms with E-state index >= 15 is 0 Å². The number of amides is 1. The molecular formula is C27H22BrF3N4O. The van der Waals surface area contributed by atoms with E-state index in [9.17, 15) is 18.0 Å². The van der Waals surface area contributed by atoms with E-state index in [0.29, 0.717) is 11.3 Å². The summed E-state index contributed by atoms with van der Waals surface area (Å²) in [7, 11) is 0. The summed E-state index contributed by atoms with van der Waals surface area (Å²) in [6.45, 7) is 0.257. The van der Waals surface area contributed by atoms with Crippen LogP contribution in [-0.2, 0) is 6.54 Å². The smallest absolute Gasteiger partial charge is 0.363 e. The monoisotopic (exact) mass is 554 g/mol. The predicted octanol–water partition coefficient (Wildman–Crippen LogP) is 7.15. The molecule has 1 amide bonds. The third-order valence-corrected chi connectivity index (χ3v) is 6.77. The molecule has 0 bridgehead atoms. The molecule has 2 atom stereocenters. The minimum Gasteiger partial charge on any atom is -0.363 e. The molecule has 3 aromatic carbocycles. The third kappa shape index (κ3) is 4.88. The van der Waals surface area contributed by atoms with E-state index in [-0.39, 0.29) is 24.3 Å². The lowest BCUT2D eigenvalue weighted by Gasteiger charge is -2.34. The van der Waals surface area contributed by atoms with Crippen molar-refractivity contribution in [2.45, 2.75) is 31.2 Å². The van der Waals surface area contributed by atoms with Gasteiger partial charge in [-0.15, -0.1) is 0 Å². The van der Waals surface area contributed by atoms with Crippen LogP contribution in [0.3, 0.4) is 0 Å². The molecular weight excluding hydrogens is 533 g/mol. The first-order chi connectivity index (χ1) is 17.3. The van der Waals surface area contributed by atoms with E-state index in [1.54, 1.807) is 41.3 Å². The lowest BCUT2D eigenvalue weighted by Crippen LogP contribution is -2.37. The number of aromatic nitrogens is 2. The van der Waals surface area contributed by atoms with E-state index in [0.717, 1.165) is 14.7 Å². The summed E-state index contributed by atoms with van der Waals surface area (Å²) >= 11 is 3.36. The summed E-state index contributed by atoms with van der Waals surface area (Å²) in [5.74, 6) is -0.369. The van der Waals surface area contributed by atoms with Crippen LogP contribution in [0.1, 0.15) is 40.0 Å². The van der Waals surface area contributed by atoms with Crippen molar-refractivity contribution in [2.75, 3.05) is 10.2 Å². The van der Waals surface area contributed by atoms with Crippen LogP contribution in [0.2, 0.25) is 0 Å². The Balaban J connectivity index is 1.55. The number of nitrogens with one attached hydrogen (secondary N) is 1. The van der Waals surface area contributed by atoms with Gasteiger partial charge < -0.3 is 10.2 Å². The number of alkyl halides is 3. The van der Waals surface area contributed by atoms with Gasteiger partial charge in [0.05, 0.1) is 18.8 Å². The van der Waals surface area contributed by atoms with Gasteiger partial charge in [0.1, 0.15) is 11.4 Å². The van der Waals surface area contributed by atoms with Crippen LogP contribution in [0.5, 0.6) is 0 Å². The number of hydrogen-bond acceptors (Lipinski definition) is 3. The maximum atomic E-state index is 14.1. The fraction of sp³-hybridized carbons (Fsp3) is 0.185. The second-order valence-corrected chi connectivity index (χ2v) is 9.52. The van der Waals surface area contributed by atoms with Crippen molar-refractivity contribution < 1.29 is 18.0 Å². The molecule has 1 aromatic heterocycles. The highest BCUT2D eigenvalue weighted by Crippen LogP contribution is 2.44. The largest absolute Gasteiger partial charge is 0.410 e. The Morgan fingerprint density at radius 1 is 1.00 bits per heavy atom. The van der Waals surface area contributed by atoms with Gasteiger partial charge >= 0.3 is 6.18 Å². The zero-order valence-electron chi connectivity index (χ0n) is 19.0. The van der Waals surface area contributed by atoms with E-state index in [1.807, 2.05) is 48.5 Å². The van der Waals surface area contributed by atoms with Crippen LogP contribution in [0.15, 0.2) is 95.6 Å². The van der Waals surface area contributed by atoms with Crippen molar-refractivity contribution >= 4 is 33.3 Å². The minimum atomic E-state index is -4.53. The van der Waals surface area contributed by atoms with E-state index in [2.05, 4.69) is 26.3 Å². The van der Waals surface area contributed by atoms with E-state index in [4.69, 9.17) is 0 Å². The molecule has 1 N–H and O–H groups in total. The number of rotatable bonds is 5. The number of anilines is 2. The number of carbonyl (C=O) groups excluding carboxylic acids is 1. The van der Waals surface area contributed by atoms with Crippen molar-refractivity contribution in [3.05, 3.63) is 112 Å². The quantitative estimate of drug-likeness (QED) is 0.285. The van der Waals surface area contributed by atoms with Crippen LogP contribution in [0.4, 0.5) is 24.7 Å². The van der Waals surface area contributed by atoms with Crippen molar-refractivity contribution in [3.8, 4) is 0 Å². The molecule has 1 aliphatic rings. The molecule has 4 aromatic rings. The molecule has 0 spiro atoms. The van der Waals surface area contributed by atoms with Crippen LogP contribution < -0.4 is 10.2 Å². The molecule has 0 aliphatic carbocycles.